The van der Waals surface area contributed by atoms with Gasteiger partial charge in [0, 0.05) is 36.3 Å². The fourth-order valence-electron chi connectivity index (χ4n) is 1.88. The minimum atomic E-state index is 0.239. The third-order valence-electron chi connectivity index (χ3n) is 2.89. The Bertz CT molecular complexity index is 450. The smallest absolute Gasteiger partial charge is 0.0457 e. The van der Waals surface area contributed by atoms with E-state index in [2.05, 4.69) is 41.5 Å². The van der Waals surface area contributed by atoms with Gasteiger partial charge in [-0.25, -0.2) is 0 Å². The molecule has 1 aromatic carbocycles. The van der Waals surface area contributed by atoms with Crippen molar-refractivity contribution in [3.8, 4) is 0 Å². The largest absolute Gasteiger partial charge is 0.396 e. The predicted molar refractivity (Wildman–Crippen MR) is 66.3 cm³/mol. The lowest BCUT2D eigenvalue weighted by atomic mass is 10.1. The highest BCUT2D eigenvalue weighted by atomic mass is 16.3. The lowest BCUT2D eigenvalue weighted by Gasteiger charge is -2.12. The van der Waals surface area contributed by atoms with E-state index in [0.717, 1.165) is 13.0 Å². The summed E-state index contributed by atoms with van der Waals surface area (Å²) in [5.41, 5.74) is 2.47. The number of fused-ring (bicyclic) bond motifs is 1. The van der Waals surface area contributed by atoms with Gasteiger partial charge in [-0.1, -0.05) is 12.1 Å². The van der Waals surface area contributed by atoms with Crippen molar-refractivity contribution >= 4 is 10.9 Å². The fraction of sp³-hybridized carbons (Fsp3) is 0.385. The van der Waals surface area contributed by atoms with Gasteiger partial charge >= 0.3 is 0 Å². The number of hydrogen-bond acceptors (Lipinski definition) is 2. The van der Waals surface area contributed by atoms with Crippen LogP contribution in [0.25, 0.3) is 10.9 Å². The first kappa shape index (κ1) is 11.2. The predicted octanol–water partition coefficient (Wildman–Crippen LogP) is 2.03. The van der Waals surface area contributed by atoms with Crippen molar-refractivity contribution < 1.29 is 5.11 Å². The van der Waals surface area contributed by atoms with E-state index < -0.39 is 0 Å². The molecule has 2 rings (SSSR count). The third-order valence-corrected chi connectivity index (χ3v) is 2.89. The van der Waals surface area contributed by atoms with Crippen LogP contribution in [-0.4, -0.2) is 22.7 Å². The van der Waals surface area contributed by atoms with Gasteiger partial charge < -0.3 is 15.4 Å². The molecule has 1 atom stereocenters. The van der Waals surface area contributed by atoms with Crippen molar-refractivity contribution in [3.63, 3.8) is 0 Å². The summed E-state index contributed by atoms with van der Waals surface area (Å²) in [6.07, 6.45) is 2.76. The average molecular weight is 218 g/mol. The first-order valence-electron chi connectivity index (χ1n) is 5.70. The first-order chi connectivity index (χ1) is 7.81. The van der Waals surface area contributed by atoms with Crippen LogP contribution < -0.4 is 5.32 Å². The van der Waals surface area contributed by atoms with Gasteiger partial charge in [0.15, 0.2) is 0 Å². The summed E-state index contributed by atoms with van der Waals surface area (Å²) in [7, 11) is 0. The summed E-state index contributed by atoms with van der Waals surface area (Å²) in [5.74, 6) is 0. The normalized spacial score (nSPS) is 13.1. The minimum Gasteiger partial charge on any atom is -0.396 e. The molecule has 1 unspecified atom stereocenters. The van der Waals surface area contributed by atoms with Crippen LogP contribution in [0.4, 0.5) is 0 Å². The second kappa shape index (κ2) is 5.14. The molecular weight excluding hydrogens is 200 g/mol. The number of hydrogen-bond donors (Lipinski definition) is 3. The molecule has 3 N–H and O–H groups in total. The molecule has 0 saturated heterocycles. The van der Waals surface area contributed by atoms with E-state index >= 15 is 0 Å². The van der Waals surface area contributed by atoms with Gasteiger partial charge in [-0.15, -0.1) is 0 Å². The van der Waals surface area contributed by atoms with Crippen LogP contribution in [0.3, 0.4) is 0 Å². The summed E-state index contributed by atoms with van der Waals surface area (Å²) in [6, 6.07) is 8.72. The zero-order chi connectivity index (χ0) is 11.4. The molecule has 0 amide bonds. The quantitative estimate of drug-likeness (QED) is 0.719. The lowest BCUT2D eigenvalue weighted by molar-refractivity contribution is 0.269. The summed E-state index contributed by atoms with van der Waals surface area (Å²) in [4.78, 5) is 3.20. The second-order valence-corrected chi connectivity index (χ2v) is 4.15. The highest BCUT2D eigenvalue weighted by Gasteiger charge is 2.03. The molecule has 86 valence electrons. The van der Waals surface area contributed by atoms with E-state index in [1.165, 1.54) is 16.5 Å². The van der Waals surface area contributed by atoms with Crippen molar-refractivity contribution in [2.45, 2.75) is 25.9 Å². The fourth-order valence-corrected chi connectivity index (χ4v) is 1.88. The van der Waals surface area contributed by atoms with Gasteiger partial charge in [0.25, 0.3) is 0 Å². The molecule has 0 radical (unpaired) electrons. The summed E-state index contributed by atoms with van der Waals surface area (Å²) >= 11 is 0. The van der Waals surface area contributed by atoms with Crippen molar-refractivity contribution in [2.75, 3.05) is 6.61 Å². The maximum atomic E-state index is 8.83. The SMILES string of the molecule is CC(CCO)NCc1cccc2[nH]ccc12. The molecule has 2 aromatic rings. The van der Waals surface area contributed by atoms with Gasteiger partial charge in [0.1, 0.15) is 0 Å². The molecule has 0 spiro atoms. The van der Waals surface area contributed by atoms with E-state index in [-0.39, 0.29) is 6.61 Å². The maximum Gasteiger partial charge on any atom is 0.0457 e. The maximum absolute atomic E-state index is 8.83. The molecule has 0 bridgehead atoms. The van der Waals surface area contributed by atoms with Crippen LogP contribution in [0.5, 0.6) is 0 Å². The van der Waals surface area contributed by atoms with Crippen LogP contribution >= 0.6 is 0 Å². The Hall–Kier alpha value is -1.32. The molecule has 0 fully saturated rings. The number of aromatic amines is 1. The van der Waals surface area contributed by atoms with Gasteiger partial charge in [-0.3, -0.25) is 0 Å². The van der Waals surface area contributed by atoms with E-state index in [0.29, 0.717) is 6.04 Å². The summed E-state index contributed by atoms with van der Waals surface area (Å²) in [5, 5.41) is 13.5. The summed E-state index contributed by atoms with van der Waals surface area (Å²) in [6.45, 7) is 3.17. The number of nitrogens with one attached hydrogen (secondary N) is 2. The van der Waals surface area contributed by atoms with Crippen LogP contribution in [0.15, 0.2) is 30.5 Å². The van der Waals surface area contributed by atoms with E-state index in [4.69, 9.17) is 5.11 Å². The van der Waals surface area contributed by atoms with Crippen molar-refractivity contribution in [1.29, 1.82) is 0 Å². The molecule has 0 aliphatic rings. The highest BCUT2D eigenvalue weighted by Crippen LogP contribution is 2.17. The molecule has 0 saturated carbocycles. The van der Waals surface area contributed by atoms with Crippen LogP contribution in [0, 0.1) is 0 Å². The summed E-state index contributed by atoms with van der Waals surface area (Å²) < 4.78 is 0. The number of benzene rings is 1. The average Bonchev–Trinajstić information content (AvgIpc) is 2.75. The molecule has 16 heavy (non-hydrogen) atoms. The Morgan fingerprint density at radius 3 is 3.06 bits per heavy atom. The molecule has 3 nitrogen and oxygen atoms in total. The van der Waals surface area contributed by atoms with Crippen molar-refractivity contribution in [1.82, 2.24) is 10.3 Å². The topological polar surface area (TPSA) is 48.0 Å². The van der Waals surface area contributed by atoms with E-state index in [9.17, 15) is 0 Å². The minimum absolute atomic E-state index is 0.239. The molecule has 0 aliphatic heterocycles. The second-order valence-electron chi connectivity index (χ2n) is 4.15. The van der Waals surface area contributed by atoms with Gasteiger partial charge in [0.2, 0.25) is 0 Å². The van der Waals surface area contributed by atoms with Crippen LogP contribution in [-0.2, 0) is 6.54 Å². The number of aromatic nitrogens is 1. The molecule has 1 heterocycles. The van der Waals surface area contributed by atoms with Crippen molar-refractivity contribution in [3.05, 3.63) is 36.0 Å². The number of aliphatic hydroxyl groups excluding tert-OH is 1. The Morgan fingerprint density at radius 1 is 1.38 bits per heavy atom. The van der Waals surface area contributed by atoms with Gasteiger partial charge in [-0.05, 0) is 31.0 Å². The first-order valence-corrected chi connectivity index (χ1v) is 5.70. The zero-order valence-corrected chi connectivity index (χ0v) is 9.53. The lowest BCUT2D eigenvalue weighted by Crippen LogP contribution is -2.26. The highest BCUT2D eigenvalue weighted by molar-refractivity contribution is 5.82. The Kier molecular flexibility index (Phi) is 3.59. The monoisotopic (exact) mass is 218 g/mol. The van der Waals surface area contributed by atoms with Crippen molar-refractivity contribution in [2.24, 2.45) is 0 Å². The molecule has 3 heteroatoms. The Morgan fingerprint density at radius 2 is 2.25 bits per heavy atom. The zero-order valence-electron chi connectivity index (χ0n) is 9.53. The molecule has 0 aliphatic carbocycles. The van der Waals surface area contributed by atoms with E-state index in [1.807, 2.05) is 6.20 Å². The molecule has 1 aromatic heterocycles. The number of aliphatic hydroxyl groups is 1. The Balaban J connectivity index is 2.06. The van der Waals surface area contributed by atoms with Crippen LogP contribution in [0.2, 0.25) is 0 Å². The number of rotatable bonds is 5. The Labute approximate surface area is 95.5 Å². The van der Waals surface area contributed by atoms with Crippen LogP contribution in [0.1, 0.15) is 18.9 Å². The number of H-pyrrole nitrogens is 1. The standard InChI is InChI=1S/C13H18N2O/c1-10(6-8-16)15-9-11-3-2-4-13-12(11)5-7-14-13/h2-5,7,10,14-16H,6,8-9H2,1H3. The molecular formula is C13H18N2O. The van der Waals surface area contributed by atoms with Gasteiger partial charge in [0.05, 0.1) is 0 Å². The third kappa shape index (κ3) is 2.43. The van der Waals surface area contributed by atoms with Gasteiger partial charge in [-0.2, -0.15) is 0 Å². The van der Waals surface area contributed by atoms with E-state index in [1.54, 1.807) is 0 Å².